The molecule has 0 saturated heterocycles. The average Bonchev–Trinajstić information content (AvgIpc) is 2.98. The summed E-state index contributed by atoms with van der Waals surface area (Å²) >= 11 is 0. The van der Waals surface area contributed by atoms with Crippen molar-refractivity contribution in [3.63, 3.8) is 0 Å². The third kappa shape index (κ3) is 2.92. The van der Waals surface area contributed by atoms with Crippen molar-refractivity contribution in [3.05, 3.63) is 78.0 Å². The third-order valence-corrected chi connectivity index (χ3v) is 3.55. The largest absolute Gasteiger partial charge is 0.466 e. The molecule has 0 fully saturated rings. The number of ether oxygens (including phenoxy) is 1. The smallest absolute Gasteiger partial charge is 0.330 e. The molecule has 4 heteroatoms. The highest BCUT2D eigenvalue weighted by molar-refractivity contribution is 6.04. The molecule has 0 aliphatic carbocycles. The zero-order valence-electron chi connectivity index (χ0n) is 12.6. The quantitative estimate of drug-likeness (QED) is 0.549. The number of carbonyl (C=O) groups is 2. The number of nitrogens with zero attached hydrogens (tertiary/aromatic N) is 1. The number of hydrogen-bond acceptors (Lipinski definition) is 3. The number of fused-ring (bicyclic) bond motifs is 1. The van der Waals surface area contributed by atoms with Crippen molar-refractivity contribution in [3.8, 4) is 0 Å². The van der Waals surface area contributed by atoms with E-state index in [1.807, 2.05) is 48.5 Å². The van der Waals surface area contributed by atoms with E-state index in [1.165, 1.54) is 13.2 Å². The van der Waals surface area contributed by atoms with Crippen LogP contribution in [0.5, 0.6) is 0 Å². The van der Waals surface area contributed by atoms with E-state index in [-0.39, 0.29) is 5.91 Å². The number of rotatable bonds is 3. The maximum absolute atomic E-state index is 12.9. The fourth-order valence-electron chi connectivity index (χ4n) is 2.46. The van der Waals surface area contributed by atoms with E-state index in [4.69, 9.17) is 0 Å². The van der Waals surface area contributed by atoms with Crippen molar-refractivity contribution in [2.75, 3.05) is 7.11 Å². The van der Waals surface area contributed by atoms with E-state index in [0.717, 1.165) is 10.9 Å². The van der Waals surface area contributed by atoms with Crippen LogP contribution in [0.15, 0.2) is 66.7 Å². The molecule has 0 saturated carbocycles. The summed E-state index contributed by atoms with van der Waals surface area (Å²) in [6.45, 7) is 0. The molecule has 0 amide bonds. The number of para-hydroxylation sites is 1. The standard InChI is InChI=1S/C19H15NO3/c1-23-18(21)12-11-16-13-15-9-5-6-10-17(15)20(16)19(22)14-7-3-2-4-8-14/h2-13H,1H3/b12-11+. The molecule has 0 radical (unpaired) electrons. The Hall–Kier alpha value is -3.14. The highest BCUT2D eigenvalue weighted by atomic mass is 16.5. The molecule has 1 heterocycles. The minimum Gasteiger partial charge on any atom is -0.466 e. The molecule has 114 valence electrons. The van der Waals surface area contributed by atoms with Crippen molar-refractivity contribution >= 4 is 28.9 Å². The molecule has 0 spiro atoms. The van der Waals surface area contributed by atoms with Gasteiger partial charge < -0.3 is 4.74 Å². The second kappa shape index (κ2) is 6.32. The SMILES string of the molecule is COC(=O)/C=C/c1cc2ccccc2n1C(=O)c1ccccc1. The molecule has 0 atom stereocenters. The first kappa shape index (κ1) is 14.8. The van der Waals surface area contributed by atoms with Gasteiger partial charge in [0.2, 0.25) is 0 Å². The van der Waals surface area contributed by atoms with Crippen LogP contribution >= 0.6 is 0 Å². The number of carbonyl (C=O) groups excluding carboxylic acids is 2. The Kier molecular flexibility index (Phi) is 4.06. The monoisotopic (exact) mass is 305 g/mol. The maximum Gasteiger partial charge on any atom is 0.330 e. The van der Waals surface area contributed by atoms with Crippen LogP contribution in [0.1, 0.15) is 16.1 Å². The Bertz CT molecular complexity index is 891. The van der Waals surface area contributed by atoms with Gasteiger partial charge in [-0.3, -0.25) is 9.36 Å². The predicted octanol–water partition coefficient (Wildman–Crippen LogP) is 3.52. The van der Waals surface area contributed by atoms with Gasteiger partial charge in [0.05, 0.1) is 18.3 Å². The zero-order valence-corrected chi connectivity index (χ0v) is 12.6. The van der Waals surface area contributed by atoms with E-state index in [2.05, 4.69) is 4.74 Å². The van der Waals surface area contributed by atoms with Gasteiger partial charge in [0.1, 0.15) is 0 Å². The lowest BCUT2D eigenvalue weighted by molar-refractivity contribution is -0.134. The normalized spacial score (nSPS) is 11.0. The second-order valence-electron chi connectivity index (χ2n) is 4.99. The highest BCUT2D eigenvalue weighted by Gasteiger charge is 2.15. The number of hydrogen-bond donors (Lipinski definition) is 0. The molecule has 3 rings (SSSR count). The molecule has 2 aromatic carbocycles. The highest BCUT2D eigenvalue weighted by Crippen LogP contribution is 2.22. The van der Waals surface area contributed by atoms with Crippen molar-refractivity contribution in [2.24, 2.45) is 0 Å². The number of esters is 1. The lowest BCUT2D eigenvalue weighted by atomic mass is 10.2. The second-order valence-corrected chi connectivity index (χ2v) is 4.99. The summed E-state index contributed by atoms with van der Waals surface area (Å²) in [4.78, 5) is 24.2. The van der Waals surface area contributed by atoms with Crippen LogP contribution < -0.4 is 0 Å². The van der Waals surface area contributed by atoms with Gasteiger partial charge >= 0.3 is 5.97 Å². The Labute approximate surface area is 133 Å². The Morgan fingerprint density at radius 1 is 1.00 bits per heavy atom. The van der Waals surface area contributed by atoms with Gasteiger partial charge in [-0.2, -0.15) is 0 Å². The molecular formula is C19H15NO3. The number of aromatic nitrogens is 1. The number of benzene rings is 2. The molecule has 23 heavy (non-hydrogen) atoms. The van der Waals surface area contributed by atoms with Crippen LogP contribution in [0.25, 0.3) is 17.0 Å². The number of methoxy groups -OCH3 is 1. The Morgan fingerprint density at radius 2 is 1.70 bits per heavy atom. The van der Waals surface area contributed by atoms with Crippen LogP contribution in [0.4, 0.5) is 0 Å². The molecular weight excluding hydrogens is 290 g/mol. The van der Waals surface area contributed by atoms with Crippen LogP contribution in [-0.2, 0) is 9.53 Å². The molecule has 4 nitrogen and oxygen atoms in total. The molecule has 0 bridgehead atoms. The van der Waals surface area contributed by atoms with Gasteiger partial charge in [-0.25, -0.2) is 4.79 Å². The average molecular weight is 305 g/mol. The van der Waals surface area contributed by atoms with Crippen LogP contribution in [0.3, 0.4) is 0 Å². The first-order valence-corrected chi connectivity index (χ1v) is 7.17. The fraction of sp³-hybridized carbons (Fsp3) is 0.0526. The van der Waals surface area contributed by atoms with Crippen molar-refractivity contribution < 1.29 is 14.3 Å². The van der Waals surface area contributed by atoms with E-state index < -0.39 is 5.97 Å². The van der Waals surface area contributed by atoms with Crippen LogP contribution in [-0.4, -0.2) is 23.6 Å². The topological polar surface area (TPSA) is 48.3 Å². The minimum absolute atomic E-state index is 0.142. The van der Waals surface area contributed by atoms with Crippen LogP contribution in [0.2, 0.25) is 0 Å². The Morgan fingerprint density at radius 3 is 2.43 bits per heavy atom. The molecule has 3 aromatic rings. The maximum atomic E-state index is 12.9. The van der Waals surface area contributed by atoms with Crippen molar-refractivity contribution in [2.45, 2.75) is 0 Å². The van der Waals surface area contributed by atoms with Crippen molar-refractivity contribution in [1.82, 2.24) is 4.57 Å². The van der Waals surface area contributed by atoms with Gasteiger partial charge in [0.25, 0.3) is 5.91 Å². The first-order chi connectivity index (χ1) is 11.2. The van der Waals surface area contributed by atoms with Gasteiger partial charge in [0.15, 0.2) is 0 Å². The summed E-state index contributed by atoms with van der Waals surface area (Å²) in [6.07, 6.45) is 2.90. The van der Waals surface area contributed by atoms with Gasteiger partial charge in [-0.1, -0.05) is 36.4 Å². The first-order valence-electron chi connectivity index (χ1n) is 7.17. The minimum atomic E-state index is -0.464. The summed E-state index contributed by atoms with van der Waals surface area (Å²) in [5.74, 6) is -0.606. The van der Waals surface area contributed by atoms with Gasteiger partial charge in [-0.05, 0) is 30.3 Å². The van der Waals surface area contributed by atoms with Crippen LogP contribution in [0, 0.1) is 0 Å². The summed E-state index contributed by atoms with van der Waals surface area (Å²) < 4.78 is 6.21. The van der Waals surface area contributed by atoms with E-state index in [9.17, 15) is 9.59 Å². The zero-order chi connectivity index (χ0) is 16.2. The molecule has 0 aliphatic rings. The van der Waals surface area contributed by atoms with E-state index in [0.29, 0.717) is 11.3 Å². The molecule has 1 aromatic heterocycles. The summed E-state index contributed by atoms with van der Waals surface area (Å²) in [5.41, 5.74) is 2.01. The van der Waals surface area contributed by atoms with Crippen molar-refractivity contribution in [1.29, 1.82) is 0 Å². The summed E-state index contributed by atoms with van der Waals surface area (Å²) in [7, 11) is 1.32. The lowest BCUT2D eigenvalue weighted by Crippen LogP contribution is -2.13. The third-order valence-electron chi connectivity index (χ3n) is 3.55. The summed E-state index contributed by atoms with van der Waals surface area (Å²) in [6, 6.07) is 18.5. The predicted molar refractivity (Wildman–Crippen MR) is 89.2 cm³/mol. The fourth-order valence-corrected chi connectivity index (χ4v) is 2.46. The van der Waals surface area contributed by atoms with Gasteiger partial charge in [0, 0.05) is 17.0 Å². The summed E-state index contributed by atoms with van der Waals surface area (Å²) in [5, 5.41) is 0.932. The molecule has 0 aliphatic heterocycles. The van der Waals surface area contributed by atoms with Gasteiger partial charge in [-0.15, -0.1) is 0 Å². The van der Waals surface area contributed by atoms with E-state index in [1.54, 1.807) is 22.8 Å². The lowest BCUT2D eigenvalue weighted by Gasteiger charge is -2.07. The Balaban J connectivity index is 2.15. The van der Waals surface area contributed by atoms with E-state index >= 15 is 0 Å². The molecule has 0 N–H and O–H groups in total. The molecule has 0 unspecified atom stereocenters.